The normalized spacial score (nSPS) is 14.7. The fourth-order valence-corrected chi connectivity index (χ4v) is 2.72. The molecule has 3 rings (SSSR count). The topological polar surface area (TPSA) is 49.9 Å². The molecule has 2 aromatic rings. The lowest BCUT2D eigenvalue weighted by atomic mass is 10.1. The summed E-state index contributed by atoms with van der Waals surface area (Å²) in [5, 5.41) is 0. The Hall–Kier alpha value is -2.82. The van der Waals surface area contributed by atoms with Crippen molar-refractivity contribution < 1.29 is 14.3 Å². The molecule has 0 saturated carbocycles. The molecule has 0 spiro atoms. The van der Waals surface area contributed by atoms with Crippen molar-refractivity contribution >= 4 is 17.5 Å². The highest BCUT2D eigenvalue weighted by atomic mass is 16.5. The largest absolute Gasteiger partial charge is 0.496 e. The number of hydrogen-bond acceptors (Lipinski definition) is 3. The smallest absolute Gasteiger partial charge is 0.258 e. The second kappa shape index (κ2) is 6.52. The molecule has 1 heterocycles. The van der Waals surface area contributed by atoms with Gasteiger partial charge < -0.3 is 14.5 Å². The molecule has 0 N–H and O–H groups in total. The predicted octanol–water partition coefficient (Wildman–Crippen LogP) is 2.18. The average Bonchev–Trinajstić information content (AvgIpc) is 2.61. The standard InChI is InChI=1S/C18H18N2O3/c1-23-16-10-6-5-9-15(16)18(22)19-11-12-20(17(21)13-19)14-7-3-2-4-8-14/h2-10H,11-13H2,1H3. The fourth-order valence-electron chi connectivity index (χ4n) is 2.72. The van der Waals surface area contributed by atoms with E-state index in [9.17, 15) is 9.59 Å². The number of nitrogens with zero attached hydrogens (tertiary/aromatic N) is 2. The Balaban J connectivity index is 1.75. The van der Waals surface area contributed by atoms with Crippen LogP contribution in [0.5, 0.6) is 5.75 Å². The van der Waals surface area contributed by atoms with E-state index < -0.39 is 0 Å². The maximum Gasteiger partial charge on any atom is 0.258 e. The highest BCUT2D eigenvalue weighted by Gasteiger charge is 2.29. The van der Waals surface area contributed by atoms with Crippen LogP contribution in [0.3, 0.4) is 0 Å². The van der Waals surface area contributed by atoms with Gasteiger partial charge in [-0.2, -0.15) is 0 Å². The van der Waals surface area contributed by atoms with Crippen LogP contribution >= 0.6 is 0 Å². The zero-order valence-corrected chi connectivity index (χ0v) is 12.9. The van der Waals surface area contributed by atoms with E-state index in [0.717, 1.165) is 5.69 Å². The maximum absolute atomic E-state index is 12.6. The van der Waals surface area contributed by atoms with Gasteiger partial charge in [0.15, 0.2) is 0 Å². The molecular weight excluding hydrogens is 292 g/mol. The van der Waals surface area contributed by atoms with E-state index in [1.54, 1.807) is 28.0 Å². The molecule has 5 nitrogen and oxygen atoms in total. The summed E-state index contributed by atoms with van der Waals surface area (Å²) < 4.78 is 5.23. The second-order valence-corrected chi connectivity index (χ2v) is 5.31. The zero-order chi connectivity index (χ0) is 16.2. The van der Waals surface area contributed by atoms with E-state index in [1.165, 1.54) is 7.11 Å². The van der Waals surface area contributed by atoms with E-state index >= 15 is 0 Å². The van der Waals surface area contributed by atoms with Gasteiger partial charge in [-0.3, -0.25) is 9.59 Å². The van der Waals surface area contributed by atoms with E-state index in [-0.39, 0.29) is 18.4 Å². The van der Waals surface area contributed by atoms with Crippen LogP contribution in [0.15, 0.2) is 54.6 Å². The average molecular weight is 310 g/mol. The number of hydrogen-bond donors (Lipinski definition) is 0. The van der Waals surface area contributed by atoms with Gasteiger partial charge >= 0.3 is 0 Å². The summed E-state index contributed by atoms with van der Waals surface area (Å²) in [5.74, 6) is 0.268. The number of ether oxygens (including phenoxy) is 1. The minimum absolute atomic E-state index is 0.0752. The highest BCUT2D eigenvalue weighted by molar-refractivity contribution is 6.02. The molecule has 0 atom stereocenters. The van der Waals surface area contributed by atoms with Gasteiger partial charge in [-0.15, -0.1) is 0 Å². The van der Waals surface area contributed by atoms with Crippen molar-refractivity contribution in [1.29, 1.82) is 0 Å². The molecular formula is C18H18N2O3. The Kier molecular flexibility index (Phi) is 4.28. The third-order valence-corrected chi connectivity index (χ3v) is 3.91. The van der Waals surface area contributed by atoms with Gasteiger partial charge in [0.05, 0.1) is 12.7 Å². The molecule has 5 heteroatoms. The fraction of sp³-hybridized carbons (Fsp3) is 0.222. The Morgan fingerprint density at radius 2 is 1.70 bits per heavy atom. The van der Waals surface area contributed by atoms with Crippen LogP contribution in [0.25, 0.3) is 0 Å². The first-order valence-corrected chi connectivity index (χ1v) is 7.48. The molecule has 0 aromatic heterocycles. The summed E-state index contributed by atoms with van der Waals surface area (Å²) in [5.41, 5.74) is 1.35. The van der Waals surface area contributed by atoms with Crippen LogP contribution in [-0.4, -0.2) is 43.5 Å². The number of amides is 2. The Labute approximate surface area is 135 Å². The molecule has 2 aromatic carbocycles. The first-order valence-electron chi connectivity index (χ1n) is 7.48. The summed E-state index contributed by atoms with van der Waals surface area (Å²) in [6.45, 7) is 1.06. The molecule has 118 valence electrons. The lowest BCUT2D eigenvalue weighted by Gasteiger charge is -2.34. The second-order valence-electron chi connectivity index (χ2n) is 5.31. The molecule has 1 fully saturated rings. The SMILES string of the molecule is COc1ccccc1C(=O)N1CCN(c2ccccc2)C(=O)C1. The number of anilines is 1. The number of carbonyl (C=O) groups excluding carboxylic acids is 2. The van der Waals surface area contributed by atoms with Crippen LogP contribution < -0.4 is 9.64 Å². The van der Waals surface area contributed by atoms with Crippen LogP contribution in [0.4, 0.5) is 5.69 Å². The summed E-state index contributed by atoms with van der Waals surface area (Å²) in [7, 11) is 1.53. The number of benzene rings is 2. The number of piperazine rings is 1. The highest BCUT2D eigenvalue weighted by Crippen LogP contribution is 2.22. The first kappa shape index (κ1) is 15.1. The van der Waals surface area contributed by atoms with Gasteiger partial charge in [0.25, 0.3) is 5.91 Å². The van der Waals surface area contributed by atoms with Crippen molar-refractivity contribution in [2.24, 2.45) is 0 Å². The number of rotatable bonds is 3. The third-order valence-electron chi connectivity index (χ3n) is 3.91. The monoisotopic (exact) mass is 310 g/mol. The maximum atomic E-state index is 12.6. The summed E-state index contributed by atoms with van der Waals surface area (Å²) in [6, 6.07) is 16.6. The van der Waals surface area contributed by atoms with Crippen molar-refractivity contribution in [3.63, 3.8) is 0 Å². The summed E-state index contributed by atoms with van der Waals surface area (Å²) in [4.78, 5) is 28.3. The lowest BCUT2D eigenvalue weighted by Crippen LogP contribution is -2.52. The summed E-state index contributed by atoms with van der Waals surface area (Å²) >= 11 is 0. The van der Waals surface area contributed by atoms with E-state index in [0.29, 0.717) is 24.4 Å². The van der Waals surface area contributed by atoms with Crippen molar-refractivity contribution in [3.05, 3.63) is 60.2 Å². The van der Waals surface area contributed by atoms with Crippen LogP contribution in [-0.2, 0) is 4.79 Å². The molecule has 1 saturated heterocycles. The van der Waals surface area contributed by atoms with Gasteiger partial charge in [0.1, 0.15) is 12.3 Å². The number of methoxy groups -OCH3 is 1. The number of carbonyl (C=O) groups is 2. The van der Waals surface area contributed by atoms with Crippen LogP contribution in [0.1, 0.15) is 10.4 Å². The molecule has 1 aliphatic heterocycles. The Bertz CT molecular complexity index is 715. The van der Waals surface area contributed by atoms with E-state index in [1.807, 2.05) is 36.4 Å². The first-order chi connectivity index (χ1) is 11.2. The minimum Gasteiger partial charge on any atom is -0.496 e. The quantitative estimate of drug-likeness (QED) is 0.873. The Morgan fingerprint density at radius 3 is 2.39 bits per heavy atom. The predicted molar refractivity (Wildman–Crippen MR) is 87.7 cm³/mol. The van der Waals surface area contributed by atoms with Crippen molar-refractivity contribution in [1.82, 2.24) is 4.90 Å². The molecule has 1 aliphatic rings. The van der Waals surface area contributed by atoms with Crippen LogP contribution in [0.2, 0.25) is 0 Å². The Morgan fingerprint density at radius 1 is 1.00 bits per heavy atom. The van der Waals surface area contributed by atoms with Gasteiger partial charge in [0.2, 0.25) is 5.91 Å². The van der Waals surface area contributed by atoms with Crippen LogP contribution in [0, 0.1) is 0 Å². The van der Waals surface area contributed by atoms with E-state index in [2.05, 4.69) is 0 Å². The van der Waals surface area contributed by atoms with Gasteiger partial charge in [-0.25, -0.2) is 0 Å². The molecule has 0 unspecified atom stereocenters. The van der Waals surface area contributed by atoms with Gasteiger partial charge in [-0.05, 0) is 24.3 Å². The minimum atomic E-state index is -0.177. The number of para-hydroxylation sites is 2. The van der Waals surface area contributed by atoms with Gasteiger partial charge in [-0.1, -0.05) is 30.3 Å². The van der Waals surface area contributed by atoms with E-state index in [4.69, 9.17) is 4.74 Å². The molecule has 2 amide bonds. The lowest BCUT2D eigenvalue weighted by molar-refractivity contribution is -0.120. The molecule has 0 bridgehead atoms. The van der Waals surface area contributed by atoms with Crippen molar-refractivity contribution in [2.45, 2.75) is 0 Å². The molecule has 0 aliphatic carbocycles. The zero-order valence-electron chi connectivity index (χ0n) is 12.9. The van der Waals surface area contributed by atoms with Crippen molar-refractivity contribution in [3.8, 4) is 5.75 Å². The summed E-state index contributed by atoms with van der Waals surface area (Å²) in [6.07, 6.45) is 0. The van der Waals surface area contributed by atoms with Crippen molar-refractivity contribution in [2.75, 3.05) is 31.6 Å². The third kappa shape index (κ3) is 3.04. The molecule has 23 heavy (non-hydrogen) atoms. The molecule has 0 radical (unpaired) electrons. The van der Waals surface area contributed by atoms with Gasteiger partial charge in [0, 0.05) is 18.8 Å².